The highest BCUT2D eigenvalue weighted by Crippen LogP contribution is 2.32. The van der Waals surface area contributed by atoms with Crippen LogP contribution in [0.4, 0.5) is 0 Å². The molecule has 0 radical (unpaired) electrons. The molecule has 4 nitrogen and oxygen atoms in total. The van der Waals surface area contributed by atoms with Gasteiger partial charge in [0.15, 0.2) is 6.61 Å². The smallest absolute Gasteiger partial charge is 0.277 e. The molecule has 2 aromatic carbocycles. The van der Waals surface area contributed by atoms with E-state index in [1.165, 1.54) is 37.7 Å². The summed E-state index contributed by atoms with van der Waals surface area (Å²) in [5.74, 6) is 1.16. The lowest BCUT2D eigenvalue weighted by Crippen LogP contribution is -2.25. The summed E-state index contributed by atoms with van der Waals surface area (Å²) in [6.45, 7) is 5.81. The molecule has 0 aliphatic heterocycles. The highest BCUT2D eigenvalue weighted by Gasteiger charge is 2.15. The lowest BCUT2D eigenvalue weighted by molar-refractivity contribution is -0.123. The van der Waals surface area contributed by atoms with Gasteiger partial charge in [-0.2, -0.15) is 5.10 Å². The molecule has 1 amide bonds. The standard InChI is InChI=1S/C24H30N2O2/c1-17-9-10-18(2)23(15-17)28-16-24(27)26-25-19(3)20-11-13-22(14-12-20)21-7-5-4-6-8-21/h9-15,21H,4-8,16H2,1-3H3,(H,26,27). The number of nitrogens with zero attached hydrogens (tertiary/aromatic N) is 1. The van der Waals surface area contributed by atoms with Gasteiger partial charge < -0.3 is 4.74 Å². The number of nitrogens with one attached hydrogen (secondary N) is 1. The monoisotopic (exact) mass is 378 g/mol. The lowest BCUT2D eigenvalue weighted by Gasteiger charge is -2.22. The summed E-state index contributed by atoms with van der Waals surface area (Å²) in [6, 6.07) is 14.6. The first-order valence-electron chi connectivity index (χ1n) is 10.2. The van der Waals surface area contributed by atoms with Gasteiger partial charge in [-0.25, -0.2) is 5.43 Å². The second kappa shape index (κ2) is 9.54. The van der Waals surface area contributed by atoms with Gasteiger partial charge in [-0.3, -0.25) is 4.79 Å². The Bertz CT molecular complexity index is 834. The Labute approximate surface area is 168 Å². The van der Waals surface area contributed by atoms with Crippen molar-refractivity contribution in [2.75, 3.05) is 6.61 Å². The fourth-order valence-corrected chi connectivity index (χ4v) is 3.68. The maximum atomic E-state index is 12.1. The zero-order valence-corrected chi connectivity index (χ0v) is 17.1. The van der Waals surface area contributed by atoms with Gasteiger partial charge in [-0.05, 0) is 67.9 Å². The van der Waals surface area contributed by atoms with Gasteiger partial charge in [-0.15, -0.1) is 0 Å². The first-order valence-corrected chi connectivity index (χ1v) is 10.2. The van der Waals surface area contributed by atoms with Gasteiger partial charge in [0.25, 0.3) is 5.91 Å². The number of aryl methyl sites for hydroxylation is 2. The van der Waals surface area contributed by atoms with E-state index in [-0.39, 0.29) is 12.5 Å². The van der Waals surface area contributed by atoms with E-state index >= 15 is 0 Å². The molecule has 4 heteroatoms. The number of carbonyl (C=O) groups excluding carboxylic acids is 1. The van der Waals surface area contributed by atoms with Crippen LogP contribution in [0.25, 0.3) is 0 Å². The van der Waals surface area contributed by atoms with Crippen molar-refractivity contribution in [1.82, 2.24) is 5.43 Å². The van der Waals surface area contributed by atoms with Crippen molar-refractivity contribution in [3.8, 4) is 5.75 Å². The van der Waals surface area contributed by atoms with Crippen molar-refractivity contribution in [1.29, 1.82) is 0 Å². The highest BCUT2D eigenvalue weighted by molar-refractivity contribution is 5.99. The molecule has 3 rings (SSSR count). The average Bonchev–Trinajstić information content (AvgIpc) is 2.73. The minimum absolute atomic E-state index is 0.0539. The fourth-order valence-electron chi connectivity index (χ4n) is 3.68. The quantitative estimate of drug-likeness (QED) is 0.550. The zero-order valence-electron chi connectivity index (χ0n) is 17.1. The van der Waals surface area contributed by atoms with Crippen molar-refractivity contribution >= 4 is 11.6 Å². The van der Waals surface area contributed by atoms with E-state index in [1.54, 1.807) is 0 Å². The number of rotatable bonds is 6. The summed E-state index contributed by atoms with van der Waals surface area (Å²) in [5, 5.41) is 4.23. The summed E-state index contributed by atoms with van der Waals surface area (Å²) in [7, 11) is 0. The summed E-state index contributed by atoms with van der Waals surface area (Å²) < 4.78 is 5.62. The third-order valence-corrected chi connectivity index (χ3v) is 5.46. The maximum absolute atomic E-state index is 12.1. The number of benzene rings is 2. The minimum atomic E-state index is -0.265. The SMILES string of the molecule is CC(=NNC(=O)COc1cc(C)ccc1C)c1ccc(C2CCCCC2)cc1. The minimum Gasteiger partial charge on any atom is -0.483 e. The average molecular weight is 379 g/mol. The second-order valence-corrected chi connectivity index (χ2v) is 7.75. The predicted molar refractivity (Wildman–Crippen MR) is 114 cm³/mol. The molecule has 1 fully saturated rings. The molecule has 0 aromatic heterocycles. The number of ether oxygens (including phenoxy) is 1. The molecule has 1 N–H and O–H groups in total. The van der Waals surface area contributed by atoms with E-state index in [0.29, 0.717) is 5.92 Å². The van der Waals surface area contributed by atoms with Gasteiger partial charge in [0, 0.05) is 0 Å². The molecule has 1 aliphatic rings. The van der Waals surface area contributed by atoms with Gasteiger partial charge in [-0.1, -0.05) is 55.7 Å². The van der Waals surface area contributed by atoms with Crippen molar-refractivity contribution in [3.63, 3.8) is 0 Å². The number of amides is 1. The summed E-state index contributed by atoms with van der Waals surface area (Å²) in [5.41, 5.74) is 7.93. The molecule has 1 saturated carbocycles. The highest BCUT2D eigenvalue weighted by atomic mass is 16.5. The van der Waals surface area contributed by atoms with Gasteiger partial charge in [0.1, 0.15) is 5.75 Å². The molecule has 0 heterocycles. The van der Waals surface area contributed by atoms with E-state index < -0.39 is 0 Å². The predicted octanol–water partition coefficient (Wildman–Crippen LogP) is 5.27. The van der Waals surface area contributed by atoms with Crippen LogP contribution in [0.5, 0.6) is 5.75 Å². The van der Waals surface area contributed by atoms with Crippen LogP contribution < -0.4 is 10.2 Å². The molecule has 0 saturated heterocycles. The molecule has 0 atom stereocenters. The Kier molecular flexibility index (Phi) is 6.85. The normalized spacial score (nSPS) is 15.3. The molecule has 28 heavy (non-hydrogen) atoms. The molecule has 2 aromatic rings. The van der Waals surface area contributed by atoms with E-state index in [1.807, 2.05) is 39.0 Å². The number of carbonyl (C=O) groups is 1. The molecular formula is C24H30N2O2. The Morgan fingerprint density at radius 3 is 2.50 bits per heavy atom. The van der Waals surface area contributed by atoms with Crippen molar-refractivity contribution in [3.05, 3.63) is 64.7 Å². The molecule has 0 unspecified atom stereocenters. The van der Waals surface area contributed by atoms with Crippen LogP contribution in [-0.4, -0.2) is 18.2 Å². The molecular weight excluding hydrogens is 348 g/mol. The second-order valence-electron chi connectivity index (χ2n) is 7.75. The topological polar surface area (TPSA) is 50.7 Å². The van der Waals surface area contributed by atoms with Crippen LogP contribution in [0.3, 0.4) is 0 Å². The maximum Gasteiger partial charge on any atom is 0.277 e. The van der Waals surface area contributed by atoms with Crippen molar-refractivity contribution in [2.45, 2.75) is 58.8 Å². The van der Waals surface area contributed by atoms with Crippen LogP contribution in [0.2, 0.25) is 0 Å². The van der Waals surface area contributed by atoms with E-state index in [4.69, 9.17) is 4.74 Å². The molecule has 0 bridgehead atoms. The van der Waals surface area contributed by atoms with E-state index in [9.17, 15) is 4.79 Å². The largest absolute Gasteiger partial charge is 0.483 e. The van der Waals surface area contributed by atoms with Gasteiger partial charge in [0.2, 0.25) is 0 Å². The van der Waals surface area contributed by atoms with Crippen LogP contribution >= 0.6 is 0 Å². The van der Waals surface area contributed by atoms with Crippen LogP contribution in [0.15, 0.2) is 47.6 Å². The molecule has 1 aliphatic carbocycles. The first-order chi connectivity index (χ1) is 13.5. The van der Waals surface area contributed by atoms with Gasteiger partial charge in [0.05, 0.1) is 5.71 Å². The zero-order chi connectivity index (χ0) is 19.9. The lowest BCUT2D eigenvalue weighted by atomic mass is 9.84. The number of hydrazone groups is 1. The van der Waals surface area contributed by atoms with E-state index in [0.717, 1.165) is 28.2 Å². The van der Waals surface area contributed by atoms with Crippen LogP contribution in [0.1, 0.15) is 67.2 Å². The first kappa shape index (κ1) is 20.1. The Morgan fingerprint density at radius 2 is 1.79 bits per heavy atom. The van der Waals surface area contributed by atoms with Crippen LogP contribution in [-0.2, 0) is 4.79 Å². The molecule has 148 valence electrons. The number of hydrogen-bond acceptors (Lipinski definition) is 3. The fraction of sp³-hybridized carbons (Fsp3) is 0.417. The Balaban J connectivity index is 1.53. The third kappa shape index (κ3) is 5.44. The summed E-state index contributed by atoms with van der Waals surface area (Å²) in [6.07, 6.45) is 6.63. The summed E-state index contributed by atoms with van der Waals surface area (Å²) >= 11 is 0. The number of hydrogen-bond donors (Lipinski definition) is 1. The van der Waals surface area contributed by atoms with Crippen molar-refractivity contribution in [2.24, 2.45) is 5.10 Å². The van der Waals surface area contributed by atoms with Gasteiger partial charge >= 0.3 is 0 Å². The van der Waals surface area contributed by atoms with E-state index in [2.05, 4.69) is 34.8 Å². The molecule has 0 spiro atoms. The Morgan fingerprint density at radius 1 is 1.07 bits per heavy atom. The van der Waals surface area contributed by atoms with Crippen LogP contribution in [0, 0.1) is 13.8 Å². The van der Waals surface area contributed by atoms with Crippen molar-refractivity contribution < 1.29 is 9.53 Å². The third-order valence-electron chi connectivity index (χ3n) is 5.46. The Hall–Kier alpha value is -2.62. The summed E-state index contributed by atoms with van der Waals surface area (Å²) in [4.78, 5) is 12.1.